The molecule has 0 bridgehead atoms. The second kappa shape index (κ2) is 8.01. The number of aromatic nitrogens is 1. The van der Waals surface area contributed by atoms with Crippen molar-refractivity contribution in [3.05, 3.63) is 75.9 Å². The average Bonchev–Trinajstić information content (AvgIpc) is 2.99. The maximum absolute atomic E-state index is 9.92. The second-order valence-corrected chi connectivity index (χ2v) is 7.59. The second-order valence-electron chi connectivity index (χ2n) is 5.49. The number of aliphatic hydroxyl groups excluding tert-OH is 1. The molecule has 0 aliphatic carbocycles. The third kappa shape index (κ3) is 3.91. The van der Waals surface area contributed by atoms with Gasteiger partial charge < -0.3 is 9.63 Å². The SMILES string of the molecule is Cc1noc(-c2ccc(Br)cc2)c1[C@@H](CO)SCc1ccccc1. The highest BCUT2D eigenvalue weighted by molar-refractivity contribution is 9.10. The predicted octanol–water partition coefficient (Wildman–Crippen LogP) is 5.38. The number of hydrogen-bond acceptors (Lipinski definition) is 4. The van der Waals surface area contributed by atoms with Crippen molar-refractivity contribution in [2.75, 3.05) is 6.61 Å². The van der Waals surface area contributed by atoms with Crippen LogP contribution in [0.3, 0.4) is 0 Å². The fraction of sp³-hybridized carbons (Fsp3) is 0.211. The average molecular weight is 404 g/mol. The highest BCUT2D eigenvalue weighted by atomic mass is 79.9. The maximum atomic E-state index is 9.92. The number of halogens is 1. The van der Waals surface area contributed by atoms with E-state index in [1.165, 1.54) is 5.56 Å². The van der Waals surface area contributed by atoms with E-state index in [9.17, 15) is 5.11 Å². The van der Waals surface area contributed by atoms with Crippen LogP contribution in [-0.2, 0) is 5.75 Å². The zero-order chi connectivity index (χ0) is 16.9. The van der Waals surface area contributed by atoms with E-state index in [1.54, 1.807) is 11.8 Å². The molecule has 0 fully saturated rings. The first-order valence-corrected chi connectivity index (χ1v) is 9.51. The smallest absolute Gasteiger partial charge is 0.171 e. The summed E-state index contributed by atoms with van der Waals surface area (Å²) in [7, 11) is 0. The molecule has 2 aromatic carbocycles. The lowest BCUT2D eigenvalue weighted by molar-refractivity contribution is 0.296. The molecule has 0 saturated carbocycles. The molecule has 1 aromatic heterocycles. The van der Waals surface area contributed by atoms with Crippen molar-refractivity contribution in [3.63, 3.8) is 0 Å². The number of hydrogen-bond donors (Lipinski definition) is 1. The summed E-state index contributed by atoms with van der Waals surface area (Å²) in [6.45, 7) is 1.97. The molecule has 1 heterocycles. The molecule has 1 atom stereocenters. The number of nitrogens with zero attached hydrogens (tertiary/aromatic N) is 1. The van der Waals surface area contributed by atoms with Crippen molar-refractivity contribution in [2.45, 2.75) is 17.9 Å². The van der Waals surface area contributed by atoms with Crippen LogP contribution in [0.1, 0.15) is 22.1 Å². The van der Waals surface area contributed by atoms with E-state index in [1.807, 2.05) is 49.4 Å². The summed E-state index contributed by atoms with van der Waals surface area (Å²) >= 11 is 5.14. The maximum Gasteiger partial charge on any atom is 0.171 e. The fourth-order valence-corrected chi connectivity index (χ4v) is 3.96. The van der Waals surface area contributed by atoms with Crippen molar-refractivity contribution in [1.82, 2.24) is 5.16 Å². The lowest BCUT2D eigenvalue weighted by Crippen LogP contribution is -2.03. The molecular weight excluding hydrogens is 386 g/mol. The molecule has 3 aromatic rings. The Hall–Kier alpha value is -1.56. The zero-order valence-corrected chi connectivity index (χ0v) is 15.7. The summed E-state index contributed by atoms with van der Waals surface area (Å²) in [6.07, 6.45) is 0. The van der Waals surface area contributed by atoms with Gasteiger partial charge in [0.1, 0.15) is 0 Å². The lowest BCUT2D eigenvalue weighted by atomic mass is 10.0. The van der Waals surface area contributed by atoms with E-state index in [2.05, 4.69) is 33.2 Å². The summed E-state index contributed by atoms with van der Waals surface area (Å²) in [5.74, 6) is 1.57. The van der Waals surface area contributed by atoms with Gasteiger partial charge in [0.15, 0.2) is 5.76 Å². The van der Waals surface area contributed by atoms with Crippen LogP contribution < -0.4 is 0 Å². The van der Waals surface area contributed by atoms with Gasteiger partial charge >= 0.3 is 0 Å². The van der Waals surface area contributed by atoms with Gasteiger partial charge in [-0.25, -0.2) is 0 Å². The van der Waals surface area contributed by atoms with Gasteiger partial charge in [-0.2, -0.15) is 0 Å². The van der Waals surface area contributed by atoms with Crippen molar-refractivity contribution < 1.29 is 9.63 Å². The number of aliphatic hydroxyl groups is 1. The van der Waals surface area contributed by atoms with Crippen LogP contribution >= 0.6 is 27.7 Å². The van der Waals surface area contributed by atoms with Gasteiger partial charge in [-0.15, -0.1) is 11.8 Å². The minimum absolute atomic E-state index is 0.0447. The first kappa shape index (κ1) is 17.3. The van der Waals surface area contributed by atoms with E-state index in [0.717, 1.165) is 32.8 Å². The molecule has 0 radical (unpaired) electrons. The van der Waals surface area contributed by atoms with Crippen LogP contribution in [0.2, 0.25) is 0 Å². The quantitative estimate of drug-likeness (QED) is 0.599. The first-order chi connectivity index (χ1) is 11.7. The Morgan fingerprint density at radius 3 is 2.50 bits per heavy atom. The van der Waals surface area contributed by atoms with Gasteiger partial charge in [0.05, 0.1) is 17.6 Å². The Morgan fingerprint density at radius 1 is 1.12 bits per heavy atom. The molecule has 1 N–H and O–H groups in total. The molecule has 0 unspecified atom stereocenters. The number of rotatable bonds is 6. The standard InChI is InChI=1S/C19H18BrNO2S/c1-13-18(17(11-22)24-12-14-5-3-2-4-6-14)19(23-21-13)15-7-9-16(20)10-8-15/h2-10,17,22H,11-12H2,1H3/t17-/m1/s1. The molecule has 3 rings (SSSR count). The third-order valence-corrected chi connectivity index (χ3v) is 5.61. The van der Waals surface area contributed by atoms with Crippen LogP contribution in [0.4, 0.5) is 0 Å². The Bertz CT molecular complexity index is 787. The normalized spacial score (nSPS) is 12.3. The van der Waals surface area contributed by atoms with E-state index in [-0.39, 0.29) is 11.9 Å². The highest BCUT2D eigenvalue weighted by Gasteiger charge is 2.23. The molecule has 5 heteroatoms. The van der Waals surface area contributed by atoms with E-state index in [0.29, 0.717) is 0 Å². The number of benzene rings is 2. The molecule has 0 aliphatic rings. The number of thioether (sulfide) groups is 1. The summed E-state index contributed by atoms with van der Waals surface area (Å²) < 4.78 is 6.58. The van der Waals surface area contributed by atoms with Crippen LogP contribution in [0.15, 0.2) is 63.6 Å². The van der Waals surface area contributed by atoms with Gasteiger partial charge in [0, 0.05) is 21.4 Å². The Labute approximate surface area is 154 Å². The van der Waals surface area contributed by atoms with Crippen molar-refractivity contribution in [3.8, 4) is 11.3 Å². The van der Waals surface area contributed by atoms with E-state index in [4.69, 9.17) is 4.52 Å². The Balaban J connectivity index is 1.86. The van der Waals surface area contributed by atoms with E-state index >= 15 is 0 Å². The van der Waals surface area contributed by atoms with E-state index < -0.39 is 0 Å². The topological polar surface area (TPSA) is 46.3 Å². The molecule has 0 spiro atoms. The molecular formula is C19H18BrNO2S. The molecule has 124 valence electrons. The molecule has 0 amide bonds. The van der Waals surface area contributed by atoms with Crippen LogP contribution in [0.5, 0.6) is 0 Å². The minimum Gasteiger partial charge on any atom is -0.395 e. The molecule has 24 heavy (non-hydrogen) atoms. The van der Waals surface area contributed by atoms with Crippen LogP contribution in [-0.4, -0.2) is 16.9 Å². The summed E-state index contributed by atoms with van der Waals surface area (Å²) in [5.41, 5.74) is 4.00. The summed E-state index contributed by atoms with van der Waals surface area (Å²) in [4.78, 5) is 0. The summed E-state index contributed by atoms with van der Waals surface area (Å²) in [5, 5.41) is 14.0. The van der Waals surface area contributed by atoms with Gasteiger partial charge in [-0.1, -0.05) is 63.6 Å². The fourth-order valence-electron chi connectivity index (χ4n) is 2.56. The largest absolute Gasteiger partial charge is 0.395 e. The minimum atomic E-state index is -0.0740. The molecule has 0 saturated heterocycles. The molecule has 3 nitrogen and oxygen atoms in total. The van der Waals surface area contributed by atoms with Crippen molar-refractivity contribution in [1.29, 1.82) is 0 Å². The monoisotopic (exact) mass is 403 g/mol. The first-order valence-electron chi connectivity index (χ1n) is 7.67. The lowest BCUT2D eigenvalue weighted by Gasteiger charge is -2.14. The van der Waals surface area contributed by atoms with Gasteiger partial charge in [-0.3, -0.25) is 0 Å². The molecule has 0 aliphatic heterocycles. The van der Waals surface area contributed by atoms with Crippen LogP contribution in [0, 0.1) is 6.92 Å². The Kier molecular flexibility index (Phi) is 5.76. The zero-order valence-electron chi connectivity index (χ0n) is 13.3. The summed E-state index contributed by atoms with van der Waals surface area (Å²) in [6, 6.07) is 18.2. The highest BCUT2D eigenvalue weighted by Crippen LogP contribution is 2.39. The van der Waals surface area contributed by atoms with Gasteiger partial charge in [0.2, 0.25) is 0 Å². The third-order valence-electron chi connectivity index (χ3n) is 3.80. The predicted molar refractivity (Wildman–Crippen MR) is 102 cm³/mol. The van der Waals surface area contributed by atoms with Crippen molar-refractivity contribution >= 4 is 27.7 Å². The van der Waals surface area contributed by atoms with Gasteiger partial charge in [0.25, 0.3) is 0 Å². The Morgan fingerprint density at radius 2 is 1.83 bits per heavy atom. The van der Waals surface area contributed by atoms with Crippen molar-refractivity contribution in [2.24, 2.45) is 0 Å². The van der Waals surface area contributed by atoms with Gasteiger partial charge in [-0.05, 0) is 24.6 Å². The number of aryl methyl sites for hydroxylation is 1. The van der Waals surface area contributed by atoms with Crippen LogP contribution in [0.25, 0.3) is 11.3 Å².